The summed E-state index contributed by atoms with van der Waals surface area (Å²) in [6.45, 7) is 0. The number of anilines is 1. The number of benzene rings is 1. The van der Waals surface area contributed by atoms with Crippen LogP contribution in [0.4, 0.5) is 5.69 Å². The first-order valence-corrected chi connectivity index (χ1v) is 7.78. The van der Waals surface area contributed by atoms with Gasteiger partial charge in [-0.25, -0.2) is 17.5 Å². The standard InChI is InChI=1S/C13H18N2O4S/c1-15(2)20(18,19)11-7-5-10(6-8-11)14-12(13(16)17)9-3-4-9/h5-9,12,14H,3-4H2,1-2H3,(H,16,17). The number of aliphatic carboxylic acids is 1. The number of carboxylic acid groups (broad SMARTS) is 1. The van der Waals surface area contributed by atoms with E-state index in [1.807, 2.05) is 0 Å². The largest absolute Gasteiger partial charge is 0.480 e. The van der Waals surface area contributed by atoms with Crippen molar-refractivity contribution in [2.24, 2.45) is 5.92 Å². The molecule has 0 radical (unpaired) electrons. The lowest BCUT2D eigenvalue weighted by Gasteiger charge is -2.16. The van der Waals surface area contributed by atoms with Crippen LogP contribution in [-0.2, 0) is 14.8 Å². The number of nitrogens with zero attached hydrogens (tertiary/aromatic N) is 1. The third-order valence-corrected chi connectivity index (χ3v) is 5.14. The van der Waals surface area contributed by atoms with E-state index in [1.54, 1.807) is 12.1 Å². The molecule has 1 aromatic rings. The Hall–Kier alpha value is -1.60. The van der Waals surface area contributed by atoms with Crippen molar-refractivity contribution in [1.29, 1.82) is 0 Å². The molecule has 1 aromatic carbocycles. The van der Waals surface area contributed by atoms with E-state index in [0.717, 1.165) is 17.1 Å². The fraction of sp³-hybridized carbons (Fsp3) is 0.462. The highest BCUT2D eigenvalue weighted by Gasteiger charge is 2.36. The molecule has 1 aliphatic rings. The van der Waals surface area contributed by atoms with Crippen LogP contribution in [0.2, 0.25) is 0 Å². The van der Waals surface area contributed by atoms with E-state index in [4.69, 9.17) is 5.11 Å². The zero-order chi connectivity index (χ0) is 14.9. The summed E-state index contributed by atoms with van der Waals surface area (Å²) in [7, 11) is -0.519. The third kappa shape index (κ3) is 3.10. The predicted octanol–water partition coefficient (Wildman–Crippen LogP) is 1.21. The molecule has 1 saturated carbocycles. The van der Waals surface area contributed by atoms with Gasteiger partial charge in [0.05, 0.1) is 4.90 Å². The average Bonchev–Trinajstić information content (AvgIpc) is 3.20. The van der Waals surface area contributed by atoms with Gasteiger partial charge in [-0.3, -0.25) is 0 Å². The fourth-order valence-corrected chi connectivity index (χ4v) is 2.83. The molecule has 1 atom stereocenters. The van der Waals surface area contributed by atoms with Crippen LogP contribution in [0.3, 0.4) is 0 Å². The van der Waals surface area contributed by atoms with E-state index >= 15 is 0 Å². The number of rotatable bonds is 6. The van der Waals surface area contributed by atoms with Crippen molar-refractivity contribution in [3.63, 3.8) is 0 Å². The van der Waals surface area contributed by atoms with Gasteiger partial charge in [-0.05, 0) is 43.0 Å². The Bertz CT molecular complexity index is 591. The summed E-state index contributed by atoms with van der Waals surface area (Å²) in [6.07, 6.45) is 1.83. The van der Waals surface area contributed by atoms with Crippen molar-refractivity contribution >= 4 is 21.7 Å². The summed E-state index contributed by atoms with van der Waals surface area (Å²) in [4.78, 5) is 11.3. The Morgan fingerprint density at radius 2 is 1.85 bits per heavy atom. The molecule has 7 heteroatoms. The topological polar surface area (TPSA) is 86.7 Å². The quantitative estimate of drug-likeness (QED) is 0.824. The van der Waals surface area contributed by atoms with Crippen LogP contribution in [0.25, 0.3) is 0 Å². The van der Waals surface area contributed by atoms with E-state index in [9.17, 15) is 13.2 Å². The van der Waals surface area contributed by atoms with Gasteiger partial charge in [-0.2, -0.15) is 0 Å². The maximum absolute atomic E-state index is 11.9. The van der Waals surface area contributed by atoms with Gasteiger partial charge >= 0.3 is 5.97 Å². The van der Waals surface area contributed by atoms with E-state index in [2.05, 4.69) is 5.32 Å². The predicted molar refractivity (Wildman–Crippen MR) is 75.1 cm³/mol. The van der Waals surface area contributed by atoms with Gasteiger partial charge in [0.25, 0.3) is 0 Å². The van der Waals surface area contributed by atoms with Gasteiger partial charge in [-0.15, -0.1) is 0 Å². The maximum atomic E-state index is 11.9. The monoisotopic (exact) mass is 298 g/mol. The Labute approximate surface area is 118 Å². The minimum Gasteiger partial charge on any atom is -0.480 e. The summed E-state index contributed by atoms with van der Waals surface area (Å²) in [5, 5.41) is 12.1. The molecule has 1 fully saturated rings. The molecule has 0 heterocycles. The van der Waals surface area contributed by atoms with E-state index in [-0.39, 0.29) is 10.8 Å². The summed E-state index contributed by atoms with van der Waals surface area (Å²) >= 11 is 0. The first-order chi connectivity index (χ1) is 9.32. The van der Waals surface area contributed by atoms with Crippen LogP contribution < -0.4 is 5.32 Å². The molecule has 110 valence electrons. The van der Waals surface area contributed by atoms with Crippen LogP contribution in [0.1, 0.15) is 12.8 Å². The molecule has 20 heavy (non-hydrogen) atoms. The third-order valence-electron chi connectivity index (χ3n) is 3.31. The highest BCUT2D eigenvalue weighted by molar-refractivity contribution is 7.89. The highest BCUT2D eigenvalue weighted by Crippen LogP contribution is 2.34. The van der Waals surface area contributed by atoms with Gasteiger partial charge in [0, 0.05) is 19.8 Å². The Morgan fingerprint density at radius 1 is 1.30 bits per heavy atom. The Kier molecular flexibility index (Phi) is 4.01. The van der Waals surface area contributed by atoms with Crippen molar-refractivity contribution in [3.05, 3.63) is 24.3 Å². The van der Waals surface area contributed by atoms with Crippen molar-refractivity contribution in [3.8, 4) is 0 Å². The molecule has 0 amide bonds. The number of hydrogen-bond acceptors (Lipinski definition) is 4. The van der Waals surface area contributed by atoms with Gasteiger partial charge in [0.1, 0.15) is 6.04 Å². The summed E-state index contributed by atoms with van der Waals surface area (Å²) in [6, 6.07) is 5.53. The Balaban J connectivity index is 2.14. The van der Waals surface area contributed by atoms with Crippen LogP contribution in [0.5, 0.6) is 0 Å². The molecule has 2 N–H and O–H groups in total. The van der Waals surface area contributed by atoms with Gasteiger partial charge in [0.15, 0.2) is 0 Å². The van der Waals surface area contributed by atoms with Crippen LogP contribution >= 0.6 is 0 Å². The number of carboxylic acids is 1. The van der Waals surface area contributed by atoms with Crippen molar-refractivity contribution in [1.82, 2.24) is 4.31 Å². The SMILES string of the molecule is CN(C)S(=O)(=O)c1ccc(NC(C(=O)O)C2CC2)cc1. The molecule has 6 nitrogen and oxygen atoms in total. The fourth-order valence-electron chi connectivity index (χ4n) is 1.92. The molecular weight excluding hydrogens is 280 g/mol. The lowest BCUT2D eigenvalue weighted by atomic mass is 10.1. The number of nitrogens with one attached hydrogen (secondary N) is 1. The van der Waals surface area contributed by atoms with E-state index in [0.29, 0.717) is 5.69 Å². The number of hydrogen-bond donors (Lipinski definition) is 2. The average molecular weight is 298 g/mol. The molecule has 0 saturated heterocycles. The van der Waals surface area contributed by atoms with Gasteiger partial charge < -0.3 is 10.4 Å². The van der Waals surface area contributed by atoms with Crippen LogP contribution in [0, 0.1) is 5.92 Å². The highest BCUT2D eigenvalue weighted by atomic mass is 32.2. The zero-order valence-corrected chi connectivity index (χ0v) is 12.2. The number of sulfonamides is 1. The molecule has 0 bridgehead atoms. The second kappa shape index (κ2) is 5.41. The smallest absolute Gasteiger partial charge is 0.326 e. The normalized spacial score (nSPS) is 16.9. The van der Waals surface area contributed by atoms with Crippen molar-refractivity contribution in [2.45, 2.75) is 23.8 Å². The first kappa shape index (κ1) is 14.8. The molecular formula is C13H18N2O4S. The lowest BCUT2D eigenvalue weighted by molar-refractivity contribution is -0.138. The van der Waals surface area contributed by atoms with Crippen molar-refractivity contribution < 1.29 is 18.3 Å². The molecule has 1 unspecified atom stereocenters. The van der Waals surface area contributed by atoms with Gasteiger partial charge in [-0.1, -0.05) is 0 Å². The summed E-state index contributed by atoms with van der Waals surface area (Å²) in [5.74, 6) is -0.713. The summed E-state index contributed by atoms with van der Waals surface area (Å²) < 4.78 is 24.9. The van der Waals surface area contributed by atoms with Crippen LogP contribution in [0.15, 0.2) is 29.2 Å². The molecule has 1 aliphatic carbocycles. The molecule has 0 aromatic heterocycles. The second-order valence-electron chi connectivity index (χ2n) is 5.11. The van der Waals surface area contributed by atoms with Crippen LogP contribution in [-0.4, -0.2) is 43.9 Å². The zero-order valence-electron chi connectivity index (χ0n) is 11.4. The second-order valence-corrected chi connectivity index (χ2v) is 7.26. The van der Waals surface area contributed by atoms with E-state index in [1.165, 1.54) is 26.2 Å². The number of carbonyl (C=O) groups is 1. The maximum Gasteiger partial charge on any atom is 0.326 e. The Morgan fingerprint density at radius 3 is 2.25 bits per heavy atom. The minimum atomic E-state index is -3.45. The van der Waals surface area contributed by atoms with E-state index < -0.39 is 22.0 Å². The minimum absolute atomic E-state index is 0.165. The van der Waals surface area contributed by atoms with Gasteiger partial charge in [0.2, 0.25) is 10.0 Å². The molecule has 0 aliphatic heterocycles. The first-order valence-electron chi connectivity index (χ1n) is 6.34. The summed E-state index contributed by atoms with van der Waals surface area (Å²) in [5.41, 5.74) is 0.613. The molecule has 2 rings (SSSR count). The van der Waals surface area contributed by atoms with Crippen molar-refractivity contribution in [2.75, 3.05) is 19.4 Å². The molecule has 0 spiro atoms. The lowest BCUT2D eigenvalue weighted by Crippen LogP contribution is -2.31.